The van der Waals surface area contributed by atoms with Crippen LogP contribution in [0.4, 0.5) is 4.39 Å². The number of likely N-dealkylation sites (tertiary alicyclic amines) is 1. The summed E-state index contributed by atoms with van der Waals surface area (Å²) in [5.41, 5.74) is 3.70. The number of methoxy groups -OCH3 is 1. The van der Waals surface area contributed by atoms with Crippen LogP contribution in [0.2, 0.25) is 0 Å². The van der Waals surface area contributed by atoms with E-state index in [-0.39, 0.29) is 35.9 Å². The summed E-state index contributed by atoms with van der Waals surface area (Å²) in [6.45, 7) is 5.89. The molecular weight excluding hydrogens is 506 g/mol. The molecule has 170 valence electrons. The van der Waals surface area contributed by atoms with E-state index in [0.29, 0.717) is 12.6 Å². The van der Waals surface area contributed by atoms with Crippen molar-refractivity contribution < 1.29 is 9.13 Å². The summed E-state index contributed by atoms with van der Waals surface area (Å²) in [5.74, 6) is 0.532. The first-order chi connectivity index (χ1) is 14.6. The molecule has 1 unspecified atom stereocenters. The van der Waals surface area contributed by atoms with Gasteiger partial charge in [0.15, 0.2) is 5.96 Å². The monoisotopic (exact) mass is 540 g/mol. The third-order valence-corrected chi connectivity index (χ3v) is 5.79. The Hall–Kier alpha value is -1.71. The molecule has 1 heterocycles. The predicted molar refractivity (Wildman–Crippen MR) is 136 cm³/mol. The van der Waals surface area contributed by atoms with Crippen molar-refractivity contribution >= 4 is 29.9 Å². The summed E-state index contributed by atoms with van der Waals surface area (Å²) in [7, 11) is 3.44. The summed E-state index contributed by atoms with van der Waals surface area (Å²) in [6, 6.07) is 15.4. The first-order valence-corrected chi connectivity index (χ1v) is 10.6. The van der Waals surface area contributed by atoms with Gasteiger partial charge in [0.1, 0.15) is 5.82 Å². The zero-order valence-electron chi connectivity index (χ0n) is 18.6. The molecule has 1 aliphatic rings. The third-order valence-electron chi connectivity index (χ3n) is 5.79. The van der Waals surface area contributed by atoms with E-state index in [9.17, 15) is 4.39 Å². The van der Waals surface area contributed by atoms with Gasteiger partial charge in [-0.15, -0.1) is 24.0 Å². The highest BCUT2D eigenvalue weighted by Crippen LogP contribution is 2.17. The molecule has 0 saturated carbocycles. The van der Waals surface area contributed by atoms with Crippen LogP contribution in [-0.2, 0) is 11.3 Å². The molecule has 1 aliphatic heterocycles. The maximum Gasteiger partial charge on any atom is 0.191 e. The summed E-state index contributed by atoms with van der Waals surface area (Å²) < 4.78 is 18.7. The van der Waals surface area contributed by atoms with Crippen LogP contribution in [0.1, 0.15) is 35.6 Å². The number of guanidine groups is 1. The standard InChI is InChI=1S/C24H33FN4O.HI/c1-18-6-4-5-7-20(18)17-29-14-12-22(13-15-29)28-24(26-2)27-16-23(30-3)19-8-10-21(25)11-9-19;/h4-11,22-23H,12-17H2,1-3H3,(H2,26,27,28);1H. The number of nitrogens with one attached hydrogen (secondary N) is 2. The van der Waals surface area contributed by atoms with Crippen LogP contribution in [0.3, 0.4) is 0 Å². The van der Waals surface area contributed by atoms with Crippen molar-refractivity contribution in [1.82, 2.24) is 15.5 Å². The van der Waals surface area contributed by atoms with Crippen molar-refractivity contribution in [2.24, 2.45) is 4.99 Å². The van der Waals surface area contributed by atoms with Gasteiger partial charge in [-0.25, -0.2) is 4.39 Å². The summed E-state index contributed by atoms with van der Waals surface area (Å²) >= 11 is 0. The molecular formula is C24H34FIN4O. The Balaban J connectivity index is 0.00000341. The lowest BCUT2D eigenvalue weighted by atomic mass is 10.0. The number of halogens is 2. The van der Waals surface area contributed by atoms with Crippen molar-refractivity contribution in [2.75, 3.05) is 33.8 Å². The minimum atomic E-state index is -0.243. The lowest BCUT2D eigenvalue weighted by Gasteiger charge is -2.33. The molecule has 3 rings (SSSR count). The summed E-state index contributed by atoms with van der Waals surface area (Å²) in [5, 5.41) is 6.88. The minimum absolute atomic E-state index is 0. The quantitative estimate of drug-likeness (QED) is 0.313. The van der Waals surface area contributed by atoms with Gasteiger partial charge >= 0.3 is 0 Å². The lowest BCUT2D eigenvalue weighted by Crippen LogP contribution is -2.49. The molecule has 1 atom stereocenters. The first-order valence-electron chi connectivity index (χ1n) is 10.6. The normalized spacial score (nSPS) is 16.5. The number of benzene rings is 2. The van der Waals surface area contributed by atoms with Crippen LogP contribution in [0, 0.1) is 12.7 Å². The van der Waals surface area contributed by atoms with Gasteiger partial charge in [-0.1, -0.05) is 36.4 Å². The highest BCUT2D eigenvalue weighted by atomic mass is 127. The zero-order valence-corrected chi connectivity index (χ0v) is 20.9. The van der Waals surface area contributed by atoms with E-state index in [0.717, 1.165) is 44.0 Å². The number of hydrogen-bond acceptors (Lipinski definition) is 3. The molecule has 0 radical (unpaired) electrons. The molecule has 0 aromatic heterocycles. The molecule has 5 nitrogen and oxygen atoms in total. The molecule has 1 saturated heterocycles. The Morgan fingerprint density at radius 1 is 1.16 bits per heavy atom. The number of rotatable bonds is 7. The van der Waals surface area contributed by atoms with Gasteiger partial charge in [-0.2, -0.15) is 0 Å². The van der Waals surface area contributed by atoms with Crippen LogP contribution >= 0.6 is 24.0 Å². The second-order valence-electron chi connectivity index (χ2n) is 7.85. The lowest BCUT2D eigenvalue weighted by molar-refractivity contribution is 0.106. The van der Waals surface area contributed by atoms with Gasteiger partial charge in [-0.05, 0) is 48.6 Å². The van der Waals surface area contributed by atoms with Gasteiger partial charge in [0.25, 0.3) is 0 Å². The fourth-order valence-corrected chi connectivity index (χ4v) is 3.86. The van der Waals surface area contributed by atoms with Crippen molar-refractivity contribution in [2.45, 2.75) is 38.5 Å². The number of ether oxygens (including phenoxy) is 1. The summed E-state index contributed by atoms with van der Waals surface area (Å²) in [4.78, 5) is 6.88. The van der Waals surface area contributed by atoms with Crippen LogP contribution in [0.25, 0.3) is 0 Å². The third kappa shape index (κ3) is 7.73. The SMILES string of the molecule is CN=C(NCC(OC)c1ccc(F)cc1)NC1CCN(Cc2ccccc2C)CC1.I. The van der Waals surface area contributed by atoms with Gasteiger partial charge in [0.05, 0.1) is 6.10 Å². The fraction of sp³-hybridized carbons (Fsp3) is 0.458. The first kappa shape index (κ1) is 25.5. The van der Waals surface area contributed by atoms with Gasteiger partial charge < -0.3 is 15.4 Å². The van der Waals surface area contributed by atoms with Crippen molar-refractivity contribution in [3.05, 3.63) is 71.0 Å². The molecule has 2 aromatic rings. The highest BCUT2D eigenvalue weighted by molar-refractivity contribution is 14.0. The maximum absolute atomic E-state index is 13.2. The number of piperidine rings is 1. The Kier molecular flexibility index (Phi) is 10.7. The number of aryl methyl sites for hydroxylation is 1. The largest absolute Gasteiger partial charge is 0.375 e. The molecule has 2 aromatic carbocycles. The van der Waals surface area contributed by atoms with E-state index in [1.165, 1.54) is 23.3 Å². The molecule has 0 aliphatic carbocycles. The number of hydrogen-bond donors (Lipinski definition) is 2. The summed E-state index contributed by atoms with van der Waals surface area (Å²) in [6.07, 6.45) is 2.00. The second-order valence-corrected chi connectivity index (χ2v) is 7.85. The van der Waals surface area contributed by atoms with Crippen molar-refractivity contribution in [1.29, 1.82) is 0 Å². The number of aliphatic imine (C=N–C) groups is 1. The van der Waals surface area contributed by atoms with Gasteiger partial charge in [0, 0.05) is 46.4 Å². The van der Waals surface area contributed by atoms with E-state index in [1.807, 2.05) is 0 Å². The smallest absolute Gasteiger partial charge is 0.191 e. The maximum atomic E-state index is 13.2. The topological polar surface area (TPSA) is 48.9 Å². The van der Waals surface area contributed by atoms with E-state index in [1.54, 1.807) is 26.3 Å². The Morgan fingerprint density at radius 3 is 2.45 bits per heavy atom. The van der Waals surface area contributed by atoms with Crippen molar-refractivity contribution in [3.8, 4) is 0 Å². The molecule has 0 bridgehead atoms. The average Bonchev–Trinajstić information content (AvgIpc) is 2.77. The van der Waals surface area contributed by atoms with E-state index in [4.69, 9.17) is 4.74 Å². The van der Waals surface area contributed by atoms with Crippen LogP contribution in [-0.4, -0.2) is 50.7 Å². The molecule has 2 N–H and O–H groups in total. The van der Waals surface area contributed by atoms with Crippen LogP contribution in [0.5, 0.6) is 0 Å². The van der Waals surface area contributed by atoms with Gasteiger partial charge in [-0.3, -0.25) is 9.89 Å². The minimum Gasteiger partial charge on any atom is -0.375 e. The molecule has 1 fully saturated rings. The molecule has 7 heteroatoms. The van der Waals surface area contributed by atoms with Gasteiger partial charge in [0.2, 0.25) is 0 Å². The number of nitrogens with zero attached hydrogens (tertiary/aromatic N) is 2. The Morgan fingerprint density at radius 2 is 1.84 bits per heavy atom. The second kappa shape index (κ2) is 13.0. The molecule has 0 amide bonds. The average molecular weight is 540 g/mol. The van der Waals surface area contributed by atoms with E-state index < -0.39 is 0 Å². The molecule has 31 heavy (non-hydrogen) atoms. The molecule has 0 spiro atoms. The predicted octanol–water partition coefficient (Wildman–Crippen LogP) is 4.27. The zero-order chi connectivity index (χ0) is 21.3. The van der Waals surface area contributed by atoms with Crippen molar-refractivity contribution in [3.63, 3.8) is 0 Å². The fourth-order valence-electron chi connectivity index (χ4n) is 3.86. The van der Waals surface area contributed by atoms with E-state index >= 15 is 0 Å². The highest BCUT2D eigenvalue weighted by Gasteiger charge is 2.21. The van der Waals surface area contributed by atoms with Crippen LogP contribution < -0.4 is 10.6 Å². The Labute approximate surface area is 202 Å². The van der Waals surface area contributed by atoms with E-state index in [2.05, 4.69) is 51.7 Å². The Bertz CT molecular complexity index is 823. The van der Waals surface area contributed by atoms with Crippen LogP contribution in [0.15, 0.2) is 53.5 Å².